The second-order valence-corrected chi connectivity index (χ2v) is 7.24. The maximum Gasteiger partial charge on any atom is 0.341 e. The molecule has 0 aliphatic carbocycles. The van der Waals surface area contributed by atoms with Gasteiger partial charge < -0.3 is 10.1 Å². The van der Waals surface area contributed by atoms with Gasteiger partial charge in [0.15, 0.2) is 6.61 Å². The van der Waals surface area contributed by atoms with Crippen molar-refractivity contribution in [3.8, 4) is 0 Å². The number of benzene rings is 2. The average molecular weight is 383 g/mol. The lowest BCUT2D eigenvalue weighted by molar-refractivity contribution is -0.119. The number of rotatable bonds is 6. The molecule has 0 saturated heterocycles. The third kappa shape index (κ3) is 4.85. The number of aryl methyl sites for hydroxylation is 1. The van der Waals surface area contributed by atoms with E-state index >= 15 is 0 Å². The minimum Gasteiger partial charge on any atom is -0.452 e. The van der Waals surface area contributed by atoms with Gasteiger partial charge in [0.1, 0.15) is 0 Å². The predicted molar refractivity (Wildman–Crippen MR) is 89.7 cm³/mol. The Labute approximate surface area is 148 Å². The first-order chi connectivity index (χ1) is 12.2. The number of amides is 1. The molecule has 0 atom stereocenters. The van der Waals surface area contributed by atoms with E-state index in [9.17, 15) is 26.8 Å². The molecule has 0 radical (unpaired) electrons. The fraction of sp³-hybridized carbons (Fsp3) is 0.176. The topological polar surface area (TPSA) is 89.5 Å². The lowest BCUT2D eigenvalue weighted by Crippen LogP contribution is -2.21. The predicted octanol–water partition coefficient (Wildman–Crippen LogP) is 2.79. The first kappa shape index (κ1) is 19.5. The second-order valence-electron chi connectivity index (χ2n) is 5.32. The molecule has 0 fully saturated rings. The zero-order valence-corrected chi connectivity index (χ0v) is 14.4. The lowest BCUT2D eigenvalue weighted by atomic mass is 10.2. The molecule has 2 aromatic carbocycles. The van der Waals surface area contributed by atoms with Crippen LogP contribution in [0.15, 0.2) is 53.4 Å². The summed E-state index contributed by atoms with van der Waals surface area (Å²) < 4.78 is 52.3. The van der Waals surface area contributed by atoms with Gasteiger partial charge >= 0.3 is 11.7 Å². The maximum atomic E-state index is 12.4. The number of alkyl halides is 2. The molecular formula is C17H15F2NO5S. The van der Waals surface area contributed by atoms with Crippen LogP contribution in [-0.2, 0) is 19.4 Å². The molecule has 0 heterocycles. The fourth-order valence-electron chi connectivity index (χ4n) is 2.02. The number of carbonyl (C=O) groups is 2. The Morgan fingerprint density at radius 3 is 2.35 bits per heavy atom. The molecule has 9 heteroatoms. The molecule has 138 valence electrons. The van der Waals surface area contributed by atoms with E-state index in [4.69, 9.17) is 4.74 Å². The van der Waals surface area contributed by atoms with Crippen molar-refractivity contribution >= 4 is 27.4 Å². The van der Waals surface area contributed by atoms with Crippen LogP contribution in [0.25, 0.3) is 0 Å². The van der Waals surface area contributed by atoms with E-state index in [1.54, 1.807) is 18.2 Å². The normalized spacial score (nSPS) is 11.2. The Balaban J connectivity index is 1.94. The third-order valence-corrected chi connectivity index (χ3v) is 4.69. The summed E-state index contributed by atoms with van der Waals surface area (Å²) in [6.45, 7) is 1.30. The number of nitrogens with one attached hydrogen (secondary N) is 1. The summed E-state index contributed by atoms with van der Waals surface area (Å²) in [6.07, 6.45) is 0. The van der Waals surface area contributed by atoms with Crippen molar-refractivity contribution in [3.05, 3.63) is 59.7 Å². The summed E-state index contributed by atoms with van der Waals surface area (Å²) >= 11 is 0. The number of esters is 1. The van der Waals surface area contributed by atoms with Gasteiger partial charge in [-0.05, 0) is 48.9 Å². The van der Waals surface area contributed by atoms with Crippen LogP contribution < -0.4 is 5.32 Å². The molecule has 0 aliphatic rings. The number of ether oxygens (including phenoxy) is 1. The highest BCUT2D eigenvalue weighted by Gasteiger charge is 2.26. The van der Waals surface area contributed by atoms with Gasteiger partial charge in [-0.2, -0.15) is 8.78 Å². The van der Waals surface area contributed by atoms with Crippen molar-refractivity contribution in [2.75, 3.05) is 11.9 Å². The summed E-state index contributed by atoms with van der Waals surface area (Å²) in [6, 6.07) is 10.9. The zero-order chi connectivity index (χ0) is 19.3. The second kappa shape index (κ2) is 8.05. The lowest BCUT2D eigenvalue weighted by Gasteiger charge is -2.08. The van der Waals surface area contributed by atoms with E-state index in [0.717, 1.165) is 29.8 Å². The highest BCUT2D eigenvalue weighted by Crippen LogP contribution is 2.19. The first-order valence-corrected chi connectivity index (χ1v) is 8.90. The van der Waals surface area contributed by atoms with Crippen molar-refractivity contribution < 1.29 is 31.5 Å². The summed E-state index contributed by atoms with van der Waals surface area (Å²) in [5.41, 5.74) is 1.42. The summed E-state index contributed by atoms with van der Waals surface area (Å²) in [4.78, 5) is 23.0. The van der Waals surface area contributed by atoms with E-state index in [1.807, 2.05) is 13.0 Å². The number of carbonyl (C=O) groups excluding carboxylic acids is 2. The van der Waals surface area contributed by atoms with Crippen LogP contribution in [0.5, 0.6) is 0 Å². The molecular weight excluding hydrogens is 368 g/mol. The molecule has 1 N–H and O–H groups in total. The van der Waals surface area contributed by atoms with Crippen molar-refractivity contribution in [2.45, 2.75) is 17.6 Å². The van der Waals surface area contributed by atoms with Gasteiger partial charge in [-0.1, -0.05) is 12.1 Å². The maximum absolute atomic E-state index is 12.4. The molecule has 0 aromatic heterocycles. The number of anilines is 1. The van der Waals surface area contributed by atoms with E-state index in [2.05, 4.69) is 5.32 Å². The average Bonchev–Trinajstić information content (AvgIpc) is 2.59. The molecule has 0 spiro atoms. The summed E-state index contributed by atoms with van der Waals surface area (Å²) in [5.74, 6) is -4.99. The number of hydrogen-bond donors (Lipinski definition) is 1. The van der Waals surface area contributed by atoms with Gasteiger partial charge in [0.05, 0.1) is 10.5 Å². The summed E-state index contributed by atoms with van der Waals surface area (Å²) in [7, 11) is -4.73. The van der Waals surface area contributed by atoms with Gasteiger partial charge in [0.2, 0.25) is 9.84 Å². The molecule has 0 aliphatic heterocycles. The van der Waals surface area contributed by atoms with Gasteiger partial charge in [-0.15, -0.1) is 0 Å². The SMILES string of the molecule is Cc1cccc(NC(=O)COC(=O)c2ccc(S(=O)(=O)C(F)F)cc2)c1. The number of hydrogen-bond acceptors (Lipinski definition) is 5. The minimum absolute atomic E-state index is 0.0680. The standard InChI is InChI=1S/C17H15F2NO5S/c1-11-3-2-4-13(9-11)20-15(21)10-25-16(22)12-5-7-14(8-6-12)26(23,24)17(18)19/h2-9,17H,10H2,1H3,(H,20,21). The largest absolute Gasteiger partial charge is 0.452 e. The van der Waals surface area contributed by atoms with Crippen molar-refractivity contribution in [1.82, 2.24) is 0 Å². The Hall–Kier alpha value is -2.81. The van der Waals surface area contributed by atoms with Crippen molar-refractivity contribution in [2.24, 2.45) is 0 Å². The molecule has 1 amide bonds. The quantitative estimate of drug-likeness (QED) is 0.775. The fourth-order valence-corrected chi connectivity index (χ4v) is 2.74. The van der Waals surface area contributed by atoms with Gasteiger partial charge in [-0.3, -0.25) is 4.79 Å². The van der Waals surface area contributed by atoms with Crippen molar-refractivity contribution in [1.29, 1.82) is 0 Å². The Bertz CT molecular complexity index is 911. The number of halogens is 2. The van der Waals surface area contributed by atoms with Crippen LogP contribution in [0, 0.1) is 6.92 Å². The van der Waals surface area contributed by atoms with E-state index in [1.165, 1.54) is 0 Å². The van der Waals surface area contributed by atoms with Crippen LogP contribution >= 0.6 is 0 Å². The Kier molecular flexibility index (Phi) is 6.04. The number of sulfone groups is 1. The Morgan fingerprint density at radius 1 is 1.12 bits per heavy atom. The highest BCUT2D eigenvalue weighted by molar-refractivity contribution is 7.91. The highest BCUT2D eigenvalue weighted by atomic mass is 32.2. The van der Waals surface area contributed by atoms with Crippen LogP contribution in [0.3, 0.4) is 0 Å². The summed E-state index contributed by atoms with van der Waals surface area (Å²) in [5, 5.41) is 2.55. The van der Waals surface area contributed by atoms with Crippen molar-refractivity contribution in [3.63, 3.8) is 0 Å². The van der Waals surface area contributed by atoms with Gasteiger partial charge in [-0.25, -0.2) is 13.2 Å². The molecule has 6 nitrogen and oxygen atoms in total. The monoisotopic (exact) mass is 383 g/mol. The first-order valence-electron chi connectivity index (χ1n) is 7.36. The van der Waals surface area contributed by atoms with Crippen LogP contribution in [0.2, 0.25) is 0 Å². The van der Waals surface area contributed by atoms with Crippen LogP contribution in [0.4, 0.5) is 14.5 Å². The molecule has 0 saturated carbocycles. The molecule has 0 unspecified atom stereocenters. The van der Waals surface area contributed by atoms with E-state index < -0.39 is 39.0 Å². The van der Waals surface area contributed by atoms with Crippen LogP contribution in [0.1, 0.15) is 15.9 Å². The van der Waals surface area contributed by atoms with E-state index in [-0.39, 0.29) is 5.56 Å². The third-order valence-electron chi connectivity index (χ3n) is 3.29. The van der Waals surface area contributed by atoms with Crippen LogP contribution in [-0.4, -0.2) is 32.7 Å². The molecule has 26 heavy (non-hydrogen) atoms. The zero-order valence-electron chi connectivity index (χ0n) is 13.6. The van der Waals surface area contributed by atoms with E-state index in [0.29, 0.717) is 5.69 Å². The van der Waals surface area contributed by atoms with Gasteiger partial charge in [0.25, 0.3) is 5.91 Å². The molecule has 0 bridgehead atoms. The Morgan fingerprint density at radius 2 is 1.77 bits per heavy atom. The molecule has 2 rings (SSSR count). The smallest absolute Gasteiger partial charge is 0.341 e. The van der Waals surface area contributed by atoms with Gasteiger partial charge in [0, 0.05) is 5.69 Å². The molecule has 2 aromatic rings. The minimum atomic E-state index is -4.73.